The van der Waals surface area contributed by atoms with Crippen LogP contribution in [0.3, 0.4) is 0 Å². The van der Waals surface area contributed by atoms with Crippen molar-refractivity contribution in [1.82, 2.24) is 0 Å². The molecule has 1 fully saturated rings. The summed E-state index contributed by atoms with van der Waals surface area (Å²) in [6.45, 7) is 1.51. The molecule has 0 radical (unpaired) electrons. The summed E-state index contributed by atoms with van der Waals surface area (Å²) in [5.41, 5.74) is 2.49. The van der Waals surface area contributed by atoms with Gasteiger partial charge in [0.15, 0.2) is 0 Å². The molecular weight excluding hydrogens is 256 g/mol. The molecule has 2 aliphatic rings. The minimum absolute atomic E-state index is 0.158. The van der Waals surface area contributed by atoms with Crippen LogP contribution in [0.4, 0.5) is 0 Å². The van der Waals surface area contributed by atoms with Gasteiger partial charge in [-0.25, -0.2) is 0 Å². The van der Waals surface area contributed by atoms with Crippen LogP contribution in [0.25, 0.3) is 0 Å². The number of hydrogen-bond acceptors (Lipinski definition) is 2. The van der Waals surface area contributed by atoms with Gasteiger partial charge in [0.05, 0.1) is 12.7 Å². The number of benzene rings is 1. The second-order valence-corrected chi connectivity index (χ2v) is 4.79. The Bertz CT molecular complexity index is 372. The van der Waals surface area contributed by atoms with E-state index >= 15 is 0 Å². The molecule has 0 saturated carbocycles. The second-order valence-electron chi connectivity index (χ2n) is 4.14. The highest BCUT2D eigenvalue weighted by Gasteiger charge is 2.46. The smallest absolute Gasteiger partial charge is 0.120 e. The molecule has 1 aromatic rings. The minimum Gasteiger partial charge on any atom is -0.378 e. The Labute approximate surface area is 97.7 Å². The Morgan fingerprint density at radius 2 is 2.27 bits per heavy atom. The van der Waals surface area contributed by atoms with E-state index in [4.69, 9.17) is 9.47 Å². The monoisotopic (exact) mass is 268 g/mol. The maximum absolute atomic E-state index is 6.16. The van der Waals surface area contributed by atoms with Crippen LogP contribution in [0.1, 0.15) is 23.7 Å². The molecule has 0 bridgehead atoms. The molecule has 0 amide bonds. The van der Waals surface area contributed by atoms with E-state index in [1.807, 2.05) is 0 Å². The topological polar surface area (TPSA) is 18.5 Å². The first-order valence-electron chi connectivity index (χ1n) is 5.27. The summed E-state index contributed by atoms with van der Waals surface area (Å²) in [6, 6.07) is 8.49. The number of ether oxygens (including phenoxy) is 2. The van der Waals surface area contributed by atoms with Crippen LogP contribution in [0.15, 0.2) is 24.3 Å². The molecule has 80 valence electrons. The van der Waals surface area contributed by atoms with Crippen LogP contribution in [0.5, 0.6) is 0 Å². The number of fused-ring (bicyclic) bond motifs is 2. The average molecular weight is 269 g/mol. The molecular formula is C12H13BrO2. The third-order valence-corrected chi connectivity index (χ3v) is 3.88. The first kappa shape index (κ1) is 9.82. The minimum atomic E-state index is -0.158. The maximum atomic E-state index is 6.16. The highest BCUT2D eigenvalue weighted by atomic mass is 79.9. The molecule has 2 unspecified atom stereocenters. The fourth-order valence-corrected chi connectivity index (χ4v) is 3.04. The molecule has 1 spiro atoms. The van der Waals surface area contributed by atoms with Crippen molar-refractivity contribution < 1.29 is 9.47 Å². The number of hydrogen-bond donors (Lipinski definition) is 0. The Hall–Kier alpha value is -0.380. The van der Waals surface area contributed by atoms with Gasteiger partial charge in [0.1, 0.15) is 5.60 Å². The fourth-order valence-electron chi connectivity index (χ4n) is 2.56. The van der Waals surface area contributed by atoms with Crippen LogP contribution in [-0.2, 0) is 15.1 Å². The standard InChI is InChI=1S/C12H13BrO2/c13-7-11-9-3-1-2-4-10(9)12(15-11)5-6-14-8-12/h1-4,11H,5-8H2. The van der Waals surface area contributed by atoms with Gasteiger partial charge in [-0.1, -0.05) is 40.2 Å². The molecule has 0 N–H and O–H groups in total. The van der Waals surface area contributed by atoms with Crippen LogP contribution < -0.4 is 0 Å². The predicted octanol–water partition coefficient (Wildman–Crippen LogP) is 2.77. The van der Waals surface area contributed by atoms with Gasteiger partial charge < -0.3 is 9.47 Å². The van der Waals surface area contributed by atoms with Crippen molar-refractivity contribution >= 4 is 15.9 Å². The Kier molecular flexibility index (Phi) is 2.34. The van der Waals surface area contributed by atoms with E-state index in [9.17, 15) is 0 Å². The molecule has 2 nitrogen and oxygen atoms in total. The van der Waals surface area contributed by atoms with Gasteiger partial charge in [-0.2, -0.15) is 0 Å². The zero-order chi connectivity index (χ0) is 10.3. The van der Waals surface area contributed by atoms with E-state index in [0.717, 1.165) is 18.4 Å². The van der Waals surface area contributed by atoms with Crippen molar-refractivity contribution in [3.05, 3.63) is 35.4 Å². The van der Waals surface area contributed by atoms with Crippen LogP contribution in [-0.4, -0.2) is 18.5 Å². The molecule has 1 aromatic carbocycles. The summed E-state index contributed by atoms with van der Waals surface area (Å²) in [5, 5.41) is 0.853. The number of alkyl halides is 1. The van der Waals surface area contributed by atoms with Gasteiger partial charge in [-0.15, -0.1) is 0 Å². The normalized spacial score (nSPS) is 33.5. The van der Waals surface area contributed by atoms with Crippen molar-refractivity contribution in [2.24, 2.45) is 0 Å². The lowest BCUT2D eigenvalue weighted by Crippen LogP contribution is -2.25. The quantitative estimate of drug-likeness (QED) is 0.730. The van der Waals surface area contributed by atoms with Crippen molar-refractivity contribution in [3.63, 3.8) is 0 Å². The Balaban J connectivity index is 2.09. The largest absolute Gasteiger partial charge is 0.378 e. The van der Waals surface area contributed by atoms with Gasteiger partial charge in [0, 0.05) is 18.4 Å². The lowest BCUT2D eigenvalue weighted by Gasteiger charge is -2.22. The summed E-state index contributed by atoms with van der Waals surface area (Å²) in [4.78, 5) is 0. The summed E-state index contributed by atoms with van der Waals surface area (Å²) in [7, 11) is 0. The molecule has 3 rings (SSSR count). The zero-order valence-electron chi connectivity index (χ0n) is 8.41. The number of halogens is 1. The third-order valence-electron chi connectivity index (χ3n) is 3.29. The Morgan fingerprint density at radius 1 is 1.40 bits per heavy atom. The van der Waals surface area contributed by atoms with E-state index in [0.29, 0.717) is 6.61 Å². The zero-order valence-corrected chi connectivity index (χ0v) is 10.00. The molecule has 2 heterocycles. The van der Waals surface area contributed by atoms with Crippen LogP contribution in [0, 0.1) is 0 Å². The van der Waals surface area contributed by atoms with E-state index in [-0.39, 0.29) is 11.7 Å². The van der Waals surface area contributed by atoms with Gasteiger partial charge >= 0.3 is 0 Å². The molecule has 0 aliphatic carbocycles. The fraction of sp³-hybridized carbons (Fsp3) is 0.500. The summed E-state index contributed by atoms with van der Waals surface area (Å²) in [5.74, 6) is 0. The SMILES string of the molecule is BrCC1OC2(CCOC2)c2ccccc21. The average Bonchev–Trinajstić information content (AvgIpc) is 2.87. The van der Waals surface area contributed by atoms with Gasteiger partial charge in [-0.05, 0) is 11.1 Å². The third kappa shape index (κ3) is 1.37. The molecule has 2 aliphatic heterocycles. The van der Waals surface area contributed by atoms with Crippen LogP contribution in [0.2, 0.25) is 0 Å². The molecule has 1 saturated heterocycles. The number of rotatable bonds is 1. The first-order chi connectivity index (χ1) is 7.36. The van der Waals surface area contributed by atoms with Crippen molar-refractivity contribution in [2.75, 3.05) is 18.5 Å². The van der Waals surface area contributed by atoms with Crippen LogP contribution >= 0.6 is 15.9 Å². The van der Waals surface area contributed by atoms with Crippen molar-refractivity contribution in [3.8, 4) is 0 Å². The van der Waals surface area contributed by atoms with Crippen molar-refractivity contribution in [1.29, 1.82) is 0 Å². The van der Waals surface area contributed by atoms with Gasteiger partial charge in [0.2, 0.25) is 0 Å². The molecule has 3 heteroatoms. The van der Waals surface area contributed by atoms with Gasteiger partial charge in [0.25, 0.3) is 0 Å². The maximum Gasteiger partial charge on any atom is 0.120 e. The Morgan fingerprint density at radius 3 is 3.00 bits per heavy atom. The summed E-state index contributed by atoms with van der Waals surface area (Å²) in [6.07, 6.45) is 1.16. The van der Waals surface area contributed by atoms with Crippen molar-refractivity contribution in [2.45, 2.75) is 18.1 Å². The highest BCUT2D eigenvalue weighted by molar-refractivity contribution is 9.09. The van der Waals surface area contributed by atoms with Gasteiger partial charge in [-0.3, -0.25) is 0 Å². The predicted molar refractivity (Wildman–Crippen MR) is 61.2 cm³/mol. The van der Waals surface area contributed by atoms with E-state index < -0.39 is 0 Å². The lowest BCUT2D eigenvalue weighted by molar-refractivity contribution is -0.0694. The molecule has 2 atom stereocenters. The van der Waals surface area contributed by atoms with E-state index in [2.05, 4.69) is 40.2 Å². The van der Waals surface area contributed by atoms with E-state index in [1.165, 1.54) is 11.1 Å². The molecule has 15 heavy (non-hydrogen) atoms. The highest BCUT2D eigenvalue weighted by Crippen LogP contribution is 2.48. The first-order valence-corrected chi connectivity index (χ1v) is 6.39. The molecule has 0 aromatic heterocycles. The summed E-state index contributed by atoms with van der Waals surface area (Å²) < 4.78 is 11.6. The summed E-state index contributed by atoms with van der Waals surface area (Å²) >= 11 is 3.51. The second kappa shape index (κ2) is 3.58. The lowest BCUT2D eigenvalue weighted by atomic mass is 9.91. The van der Waals surface area contributed by atoms with E-state index in [1.54, 1.807) is 0 Å².